The topological polar surface area (TPSA) is 0 Å². The standard InChI is InChI=1S/C5H3F6/c6-2-1-4(8,9)5(10,11)3(2)7/h1-3H. The molecule has 1 rings (SSSR count). The lowest BCUT2D eigenvalue weighted by Gasteiger charge is -2.18. The lowest BCUT2D eigenvalue weighted by molar-refractivity contribution is -0.196. The van der Waals surface area contributed by atoms with Gasteiger partial charge in [0.1, 0.15) is 6.17 Å². The molecule has 1 aliphatic rings. The van der Waals surface area contributed by atoms with Gasteiger partial charge in [-0.25, -0.2) is 8.78 Å². The second kappa shape index (κ2) is 2.04. The Morgan fingerprint density at radius 3 is 1.55 bits per heavy atom. The molecule has 0 aromatic heterocycles. The van der Waals surface area contributed by atoms with E-state index in [0.29, 0.717) is 0 Å². The summed E-state index contributed by atoms with van der Waals surface area (Å²) in [6, 6.07) is 0. The fourth-order valence-electron chi connectivity index (χ4n) is 0.779. The Bertz CT molecular complexity index is 164. The van der Waals surface area contributed by atoms with Crippen molar-refractivity contribution in [2.24, 2.45) is 0 Å². The quantitative estimate of drug-likeness (QED) is 0.497. The summed E-state index contributed by atoms with van der Waals surface area (Å²) in [5.74, 6) is -9.59. The summed E-state index contributed by atoms with van der Waals surface area (Å²) in [7, 11) is 0. The van der Waals surface area contributed by atoms with Gasteiger partial charge in [-0.2, -0.15) is 17.6 Å². The first kappa shape index (κ1) is 8.67. The highest BCUT2D eigenvalue weighted by atomic mass is 19.3. The van der Waals surface area contributed by atoms with Crippen molar-refractivity contribution in [2.45, 2.75) is 24.2 Å². The van der Waals surface area contributed by atoms with Gasteiger partial charge in [-0.05, 0) is 0 Å². The van der Waals surface area contributed by atoms with E-state index in [2.05, 4.69) is 0 Å². The second-order valence-corrected chi connectivity index (χ2v) is 2.26. The van der Waals surface area contributed by atoms with Gasteiger partial charge in [0.15, 0.2) is 0 Å². The van der Waals surface area contributed by atoms with Gasteiger partial charge in [-0.3, -0.25) is 0 Å². The lowest BCUT2D eigenvalue weighted by atomic mass is 10.2. The van der Waals surface area contributed by atoms with Gasteiger partial charge in [-0.15, -0.1) is 0 Å². The van der Waals surface area contributed by atoms with Gasteiger partial charge in [-0.1, -0.05) is 0 Å². The molecule has 0 amide bonds. The Hall–Kier alpha value is -0.420. The average molecular weight is 177 g/mol. The zero-order chi connectivity index (χ0) is 8.86. The minimum atomic E-state index is -4.91. The summed E-state index contributed by atoms with van der Waals surface area (Å²) in [5, 5.41) is 0. The molecule has 0 N–H and O–H groups in total. The zero-order valence-electron chi connectivity index (χ0n) is 5.00. The highest BCUT2D eigenvalue weighted by molar-refractivity contribution is 5.15. The Labute approximate surface area is 58.2 Å². The summed E-state index contributed by atoms with van der Waals surface area (Å²) in [5.41, 5.74) is 0. The molecule has 1 aliphatic carbocycles. The molecule has 0 saturated heterocycles. The van der Waals surface area contributed by atoms with Crippen LogP contribution in [0.4, 0.5) is 26.3 Å². The minimum Gasteiger partial charge on any atom is -0.243 e. The van der Waals surface area contributed by atoms with E-state index in [9.17, 15) is 26.3 Å². The molecule has 2 atom stereocenters. The Balaban J connectivity index is 2.92. The van der Waals surface area contributed by atoms with Crippen molar-refractivity contribution in [1.82, 2.24) is 0 Å². The van der Waals surface area contributed by atoms with Crippen LogP contribution in [0.15, 0.2) is 0 Å². The first-order valence-corrected chi connectivity index (χ1v) is 2.69. The van der Waals surface area contributed by atoms with E-state index in [4.69, 9.17) is 0 Å². The van der Waals surface area contributed by atoms with E-state index in [1.165, 1.54) is 0 Å². The lowest BCUT2D eigenvalue weighted by Crippen LogP contribution is -2.41. The van der Waals surface area contributed by atoms with Crippen LogP contribution < -0.4 is 0 Å². The maximum Gasteiger partial charge on any atom is 0.343 e. The summed E-state index contributed by atoms with van der Waals surface area (Å²) in [4.78, 5) is 0. The average Bonchev–Trinajstić information content (AvgIpc) is 1.93. The summed E-state index contributed by atoms with van der Waals surface area (Å²) in [6.07, 6.45) is -6.94. The van der Waals surface area contributed by atoms with Crippen LogP contribution in [-0.2, 0) is 0 Å². The van der Waals surface area contributed by atoms with Crippen molar-refractivity contribution in [3.63, 3.8) is 0 Å². The van der Waals surface area contributed by atoms with Crippen molar-refractivity contribution >= 4 is 0 Å². The number of alkyl halides is 6. The van der Waals surface area contributed by atoms with Gasteiger partial charge in [0.05, 0.1) is 6.42 Å². The van der Waals surface area contributed by atoms with Crippen molar-refractivity contribution < 1.29 is 26.3 Å². The largest absolute Gasteiger partial charge is 0.343 e. The molecule has 6 heteroatoms. The Morgan fingerprint density at radius 1 is 1.00 bits per heavy atom. The number of hydrogen-bond acceptors (Lipinski definition) is 0. The third-order valence-corrected chi connectivity index (χ3v) is 1.44. The van der Waals surface area contributed by atoms with E-state index in [1.807, 2.05) is 0 Å². The maximum atomic E-state index is 12.0. The third-order valence-electron chi connectivity index (χ3n) is 1.44. The van der Waals surface area contributed by atoms with Crippen LogP contribution in [0.5, 0.6) is 0 Å². The molecule has 2 unspecified atom stereocenters. The van der Waals surface area contributed by atoms with E-state index < -0.39 is 30.6 Å². The van der Waals surface area contributed by atoms with Crippen LogP contribution in [0, 0.1) is 6.42 Å². The van der Waals surface area contributed by atoms with Crippen molar-refractivity contribution in [3.8, 4) is 0 Å². The summed E-state index contributed by atoms with van der Waals surface area (Å²) < 4.78 is 71.7. The molecular weight excluding hydrogens is 174 g/mol. The molecule has 65 valence electrons. The van der Waals surface area contributed by atoms with Crippen LogP contribution in [0.3, 0.4) is 0 Å². The predicted octanol–water partition coefficient (Wildman–Crippen LogP) is 2.15. The van der Waals surface area contributed by atoms with Gasteiger partial charge in [0.2, 0.25) is 6.17 Å². The Kier molecular flexibility index (Phi) is 1.61. The fraction of sp³-hybridized carbons (Fsp3) is 0.800. The fourth-order valence-corrected chi connectivity index (χ4v) is 0.779. The monoisotopic (exact) mass is 177 g/mol. The van der Waals surface area contributed by atoms with Gasteiger partial charge >= 0.3 is 11.8 Å². The number of rotatable bonds is 0. The summed E-state index contributed by atoms with van der Waals surface area (Å²) >= 11 is 0. The second-order valence-electron chi connectivity index (χ2n) is 2.26. The first-order chi connectivity index (χ1) is 4.79. The van der Waals surface area contributed by atoms with E-state index in [0.717, 1.165) is 0 Å². The highest BCUT2D eigenvalue weighted by Gasteiger charge is 2.71. The molecule has 0 aromatic rings. The molecule has 0 spiro atoms. The molecule has 1 saturated carbocycles. The molecule has 0 bridgehead atoms. The predicted molar refractivity (Wildman–Crippen MR) is 24.0 cm³/mol. The van der Waals surface area contributed by atoms with Crippen LogP contribution in [0.2, 0.25) is 0 Å². The van der Waals surface area contributed by atoms with Gasteiger partial charge in [0.25, 0.3) is 0 Å². The normalized spacial score (nSPS) is 40.9. The first-order valence-electron chi connectivity index (χ1n) is 2.69. The maximum absolute atomic E-state index is 12.0. The van der Waals surface area contributed by atoms with Gasteiger partial charge in [0, 0.05) is 0 Å². The molecule has 1 radical (unpaired) electrons. The molecule has 0 aromatic carbocycles. The van der Waals surface area contributed by atoms with Crippen molar-refractivity contribution in [1.29, 1.82) is 0 Å². The van der Waals surface area contributed by atoms with E-state index in [-0.39, 0.29) is 0 Å². The van der Waals surface area contributed by atoms with Gasteiger partial charge < -0.3 is 0 Å². The van der Waals surface area contributed by atoms with E-state index >= 15 is 0 Å². The summed E-state index contributed by atoms with van der Waals surface area (Å²) in [6.45, 7) is 0. The SMILES string of the molecule is FC1[CH]C(F)(F)C(F)(F)C1F. The molecule has 0 heterocycles. The number of hydrogen-bond donors (Lipinski definition) is 0. The molecular formula is C5H3F6. The van der Waals surface area contributed by atoms with Crippen LogP contribution >= 0.6 is 0 Å². The van der Waals surface area contributed by atoms with Crippen molar-refractivity contribution in [3.05, 3.63) is 6.42 Å². The molecule has 0 nitrogen and oxygen atoms in total. The Morgan fingerprint density at radius 2 is 1.45 bits per heavy atom. The zero-order valence-corrected chi connectivity index (χ0v) is 5.00. The van der Waals surface area contributed by atoms with Crippen LogP contribution in [0.1, 0.15) is 0 Å². The van der Waals surface area contributed by atoms with Crippen LogP contribution in [0.25, 0.3) is 0 Å². The van der Waals surface area contributed by atoms with Crippen molar-refractivity contribution in [2.75, 3.05) is 0 Å². The van der Waals surface area contributed by atoms with Crippen LogP contribution in [-0.4, -0.2) is 24.2 Å². The molecule has 0 aliphatic heterocycles. The number of halogens is 6. The highest BCUT2D eigenvalue weighted by Crippen LogP contribution is 2.49. The van der Waals surface area contributed by atoms with E-state index in [1.54, 1.807) is 0 Å². The smallest absolute Gasteiger partial charge is 0.243 e. The third kappa shape index (κ3) is 0.990. The molecule has 1 fully saturated rings. The minimum absolute atomic E-state index is 0.613. The molecule has 11 heavy (non-hydrogen) atoms.